The van der Waals surface area contributed by atoms with Crippen LogP contribution in [0.1, 0.15) is 75.7 Å². The van der Waals surface area contributed by atoms with E-state index in [1.54, 1.807) is 12.1 Å². The lowest BCUT2D eigenvalue weighted by molar-refractivity contribution is 0.0315. The number of ether oxygens (including phenoxy) is 2. The molecule has 154 valence electrons. The van der Waals surface area contributed by atoms with Crippen molar-refractivity contribution in [3.63, 3.8) is 0 Å². The molecule has 1 heterocycles. The molecular weight excluding hydrogens is 358 g/mol. The van der Waals surface area contributed by atoms with Crippen LogP contribution < -0.4 is 4.74 Å². The molecule has 3 aliphatic rings. The zero-order valence-electron chi connectivity index (χ0n) is 16.7. The maximum Gasteiger partial charge on any atom is 0.200 e. The summed E-state index contributed by atoms with van der Waals surface area (Å²) >= 11 is 0. The highest BCUT2D eigenvalue weighted by Gasteiger charge is 2.27. The third-order valence-electron chi connectivity index (χ3n) is 6.77. The van der Waals surface area contributed by atoms with Gasteiger partial charge < -0.3 is 9.47 Å². The number of hydrogen-bond acceptors (Lipinski definition) is 2. The molecule has 0 radical (unpaired) electrons. The summed E-state index contributed by atoms with van der Waals surface area (Å²) in [6.45, 7) is 0.926. The molecule has 2 saturated carbocycles. The summed E-state index contributed by atoms with van der Waals surface area (Å²) in [6, 6.07) is 3.28. The Morgan fingerprint density at radius 2 is 1.64 bits per heavy atom. The zero-order chi connectivity index (χ0) is 19.3. The number of halogens is 2. The molecule has 1 saturated heterocycles. The van der Waals surface area contributed by atoms with Crippen molar-refractivity contribution in [3.05, 3.63) is 41.5 Å². The van der Waals surface area contributed by atoms with Crippen molar-refractivity contribution in [2.24, 2.45) is 11.8 Å². The molecule has 4 heteroatoms. The van der Waals surface area contributed by atoms with Crippen LogP contribution in [0.4, 0.5) is 8.78 Å². The molecule has 2 atom stereocenters. The Labute approximate surface area is 167 Å². The monoisotopic (exact) mass is 390 g/mol. The van der Waals surface area contributed by atoms with Gasteiger partial charge in [-0.2, -0.15) is 4.39 Å². The maximum atomic E-state index is 14.7. The van der Waals surface area contributed by atoms with Crippen molar-refractivity contribution in [3.8, 4) is 5.75 Å². The molecule has 0 N–H and O–H groups in total. The van der Waals surface area contributed by atoms with Crippen LogP contribution >= 0.6 is 0 Å². The Morgan fingerprint density at radius 1 is 0.893 bits per heavy atom. The third kappa shape index (κ3) is 4.76. The van der Waals surface area contributed by atoms with Gasteiger partial charge in [0.1, 0.15) is 0 Å². The van der Waals surface area contributed by atoms with Crippen LogP contribution in [0.3, 0.4) is 0 Å². The van der Waals surface area contributed by atoms with Crippen LogP contribution in [0.15, 0.2) is 24.3 Å². The lowest BCUT2D eigenvalue weighted by atomic mass is 9.90. The molecule has 2 aliphatic carbocycles. The fourth-order valence-electron chi connectivity index (χ4n) is 4.96. The average Bonchev–Trinajstić information content (AvgIpc) is 3.42. The highest BCUT2D eigenvalue weighted by atomic mass is 19.2. The summed E-state index contributed by atoms with van der Waals surface area (Å²) in [6.07, 6.45) is 16.2. The minimum atomic E-state index is -0.848. The molecule has 2 unspecified atom stereocenters. The average molecular weight is 391 g/mol. The molecule has 0 aromatic heterocycles. The zero-order valence-corrected chi connectivity index (χ0v) is 16.7. The highest BCUT2D eigenvalue weighted by Crippen LogP contribution is 2.35. The maximum absolute atomic E-state index is 14.7. The Bertz CT molecular complexity index is 667. The fourth-order valence-corrected chi connectivity index (χ4v) is 4.96. The Kier molecular flexibility index (Phi) is 6.66. The minimum absolute atomic E-state index is 0.0438. The summed E-state index contributed by atoms with van der Waals surface area (Å²) in [5, 5.41) is 0. The fraction of sp³-hybridized carbons (Fsp3) is 0.667. The topological polar surface area (TPSA) is 18.5 Å². The lowest BCUT2D eigenvalue weighted by Gasteiger charge is -2.28. The number of allylic oxidation sites excluding steroid dienone is 1. The molecule has 4 rings (SSSR count). The van der Waals surface area contributed by atoms with Gasteiger partial charge in [0, 0.05) is 5.92 Å². The Morgan fingerprint density at radius 3 is 2.36 bits per heavy atom. The normalized spacial score (nSPS) is 27.1. The van der Waals surface area contributed by atoms with Crippen molar-refractivity contribution in [1.82, 2.24) is 0 Å². The molecule has 28 heavy (non-hydrogen) atoms. The van der Waals surface area contributed by atoms with Gasteiger partial charge in [0.25, 0.3) is 0 Å². The van der Waals surface area contributed by atoms with Crippen LogP contribution in [0.25, 0.3) is 0 Å². The standard InChI is InChI=1S/C24H32F2O2/c25-23-21(13-14-22(24(23)26)28-15-18-7-3-4-8-18)19-10-12-20(27-16-19)11-9-17-5-1-2-6-17/h9,11,13-14,17-20H,1-8,10,12,15-16H2/b11-9+. The van der Waals surface area contributed by atoms with Gasteiger partial charge >= 0.3 is 0 Å². The van der Waals surface area contributed by atoms with Gasteiger partial charge in [-0.25, -0.2) is 4.39 Å². The molecule has 1 aliphatic heterocycles. The van der Waals surface area contributed by atoms with Crippen molar-refractivity contribution in [2.75, 3.05) is 13.2 Å². The van der Waals surface area contributed by atoms with E-state index in [1.165, 1.54) is 38.5 Å². The second kappa shape index (κ2) is 9.39. The van der Waals surface area contributed by atoms with Crippen LogP contribution in [-0.2, 0) is 4.74 Å². The van der Waals surface area contributed by atoms with Gasteiger partial charge in [-0.15, -0.1) is 0 Å². The first-order chi connectivity index (χ1) is 13.7. The van der Waals surface area contributed by atoms with Gasteiger partial charge in [-0.3, -0.25) is 0 Å². The number of hydrogen-bond donors (Lipinski definition) is 0. The van der Waals surface area contributed by atoms with E-state index in [0.717, 1.165) is 25.7 Å². The van der Waals surface area contributed by atoms with Gasteiger partial charge in [-0.1, -0.05) is 43.9 Å². The van der Waals surface area contributed by atoms with E-state index in [-0.39, 0.29) is 17.8 Å². The van der Waals surface area contributed by atoms with E-state index >= 15 is 0 Å². The SMILES string of the molecule is Fc1c(OCC2CCCC2)ccc(C2CCC(/C=C/C3CCCC3)OC2)c1F. The molecule has 0 spiro atoms. The van der Waals surface area contributed by atoms with Crippen molar-refractivity contribution in [2.45, 2.75) is 76.2 Å². The lowest BCUT2D eigenvalue weighted by Crippen LogP contribution is -2.24. The van der Waals surface area contributed by atoms with Crippen molar-refractivity contribution < 1.29 is 18.3 Å². The smallest absolute Gasteiger partial charge is 0.200 e. The Hall–Kier alpha value is -1.42. The predicted octanol–water partition coefficient (Wildman–Crippen LogP) is 6.54. The van der Waals surface area contributed by atoms with E-state index in [1.807, 2.05) is 0 Å². The molecule has 0 amide bonds. The number of rotatable bonds is 6. The summed E-state index contributed by atoms with van der Waals surface area (Å²) in [5.74, 6) is -0.485. The van der Waals surface area contributed by atoms with E-state index in [0.29, 0.717) is 30.6 Å². The summed E-state index contributed by atoms with van der Waals surface area (Å²) < 4.78 is 40.7. The minimum Gasteiger partial charge on any atom is -0.490 e. The summed E-state index contributed by atoms with van der Waals surface area (Å²) in [5.41, 5.74) is 0.420. The highest BCUT2D eigenvalue weighted by molar-refractivity contribution is 5.33. The van der Waals surface area contributed by atoms with E-state index in [2.05, 4.69) is 12.2 Å². The summed E-state index contributed by atoms with van der Waals surface area (Å²) in [4.78, 5) is 0. The first kappa shape index (κ1) is 19.9. The first-order valence-electron chi connectivity index (χ1n) is 11.1. The molecule has 1 aromatic carbocycles. The molecule has 3 fully saturated rings. The van der Waals surface area contributed by atoms with Gasteiger partial charge in [0.2, 0.25) is 5.82 Å². The van der Waals surface area contributed by atoms with Crippen LogP contribution in [-0.4, -0.2) is 19.3 Å². The second-order valence-electron chi connectivity index (χ2n) is 8.82. The first-order valence-corrected chi connectivity index (χ1v) is 11.1. The van der Waals surface area contributed by atoms with Crippen molar-refractivity contribution >= 4 is 0 Å². The molecular formula is C24H32F2O2. The van der Waals surface area contributed by atoms with Crippen molar-refractivity contribution in [1.29, 1.82) is 0 Å². The summed E-state index contributed by atoms with van der Waals surface area (Å²) in [7, 11) is 0. The van der Waals surface area contributed by atoms with E-state index in [4.69, 9.17) is 9.47 Å². The largest absolute Gasteiger partial charge is 0.490 e. The molecule has 2 nitrogen and oxygen atoms in total. The molecule has 0 bridgehead atoms. The second-order valence-corrected chi connectivity index (χ2v) is 8.82. The third-order valence-corrected chi connectivity index (χ3v) is 6.77. The molecule has 1 aromatic rings. The Balaban J connectivity index is 1.32. The predicted molar refractivity (Wildman–Crippen MR) is 107 cm³/mol. The quantitative estimate of drug-likeness (QED) is 0.513. The van der Waals surface area contributed by atoms with Gasteiger partial charge in [0.05, 0.1) is 19.3 Å². The van der Waals surface area contributed by atoms with E-state index < -0.39 is 11.6 Å². The van der Waals surface area contributed by atoms with Crippen LogP contribution in [0.2, 0.25) is 0 Å². The van der Waals surface area contributed by atoms with E-state index in [9.17, 15) is 8.78 Å². The number of benzene rings is 1. The van der Waals surface area contributed by atoms with Gasteiger partial charge in [0.15, 0.2) is 11.6 Å². The van der Waals surface area contributed by atoms with Crippen LogP contribution in [0, 0.1) is 23.5 Å². The van der Waals surface area contributed by atoms with Crippen LogP contribution in [0.5, 0.6) is 5.75 Å². The van der Waals surface area contributed by atoms with Gasteiger partial charge in [-0.05, 0) is 62.0 Å².